The molecule has 1 aromatic heterocycles. The maximum Gasteiger partial charge on any atom is 0.352 e. The molecule has 0 saturated heterocycles. The second-order valence-corrected chi connectivity index (χ2v) is 8.49. The maximum atomic E-state index is 12.0. The summed E-state index contributed by atoms with van der Waals surface area (Å²) in [6.45, 7) is 7.28. The van der Waals surface area contributed by atoms with Crippen LogP contribution < -0.4 is 4.74 Å². The Labute approximate surface area is 150 Å². The lowest BCUT2D eigenvalue weighted by molar-refractivity contribution is -0.157. The third kappa shape index (κ3) is 5.89. The molecule has 22 heavy (non-hydrogen) atoms. The number of ether oxygens (including phenoxy) is 3. The quantitative estimate of drug-likeness (QED) is 0.586. The molecular formula is C14H18Br2O5S. The average Bonchev–Trinajstić information content (AvgIpc) is 2.68. The van der Waals surface area contributed by atoms with Crippen LogP contribution in [0.25, 0.3) is 0 Å². The number of hydrogen-bond donors (Lipinski definition) is 0. The van der Waals surface area contributed by atoms with Crippen molar-refractivity contribution in [2.24, 2.45) is 0 Å². The van der Waals surface area contributed by atoms with Crippen molar-refractivity contribution in [3.63, 3.8) is 0 Å². The highest BCUT2D eigenvalue weighted by molar-refractivity contribution is 9.13. The lowest BCUT2D eigenvalue weighted by Crippen LogP contribution is -2.27. The van der Waals surface area contributed by atoms with E-state index in [2.05, 4.69) is 31.9 Å². The Hall–Kier alpha value is -0.600. The fourth-order valence-corrected chi connectivity index (χ4v) is 3.51. The number of hydrogen-bond acceptors (Lipinski definition) is 6. The van der Waals surface area contributed by atoms with Gasteiger partial charge in [0.05, 0.1) is 14.9 Å². The van der Waals surface area contributed by atoms with Crippen molar-refractivity contribution in [3.8, 4) is 5.75 Å². The number of carbonyl (C=O) groups is 2. The van der Waals surface area contributed by atoms with Gasteiger partial charge >= 0.3 is 11.9 Å². The normalized spacial score (nSPS) is 11.2. The van der Waals surface area contributed by atoms with Crippen LogP contribution in [-0.4, -0.2) is 30.8 Å². The first-order chi connectivity index (χ1) is 10.2. The third-order valence-electron chi connectivity index (χ3n) is 2.15. The zero-order valence-electron chi connectivity index (χ0n) is 12.8. The minimum absolute atomic E-state index is 0.281. The van der Waals surface area contributed by atoms with Crippen LogP contribution in [0.2, 0.25) is 0 Å². The van der Waals surface area contributed by atoms with Crippen molar-refractivity contribution in [2.75, 3.05) is 13.2 Å². The molecule has 0 atom stereocenters. The summed E-state index contributed by atoms with van der Waals surface area (Å²) in [7, 11) is 0. The molecule has 0 aromatic carbocycles. The Kier molecular flexibility index (Phi) is 7.34. The van der Waals surface area contributed by atoms with Gasteiger partial charge in [-0.2, -0.15) is 0 Å². The summed E-state index contributed by atoms with van der Waals surface area (Å²) in [4.78, 5) is 24.0. The van der Waals surface area contributed by atoms with Crippen molar-refractivity contribution >= 4 is 55.1 Å². The summed E-state index contributed by atoms with van der Waals surface area (Å²) < 4.78 is 17.0. The van der Waals surface area contributed by atoms with Crippen LogP contribution in [0.4, 0.5) is 0 Å². The highest BCUT2D eigenvalue weighted by atomic mass is 79.9. The summed E-state index contributed by atoms with van der Waals surface area (Å²) >= 11 is 7.84. The molecule has 0 radical (unpaired) electrons. The molecule has 0 spiro atoms. The Morgan fingerprint density at radius 1 is 1.23 bits per heavy atom. The van der Waals surface area contributed by atoms with Gasteiger partial charge in [0.15, 0.2) is 17.2 Å². The minimum Gasteiger partial charge on any atom is -0.479 e. The summed E-state index contributed by atoms with van der Waals surface area (Å²) in [6, 6.07) is 0. The number of carbonyl (C=O) groups excluding carboxylic acids is 2. The Morgan fingerprint density at radius 3 is 2.41 bits per heavy atom. The van der Waals surface area contributed by atoms with E-state index in [0.717, 1.165) is 6.42 Å². The lowest BCUT2D eigenvalue weighted by atomic mass is 10.2. The van der Waals surface area contributed by atoms with Gasteiger partial charge < -0.3 is 14.2 Å². The van der Waals surface area contributed by atoms with Crippen molar-refractivity contribution in [3.05, 3.63) is 13.1 Å². The number of halogens is 2. The summed E-state index contributed by atoms with van der Waals surface area (Å²) in [6.07, 6.45) is 0.730. The van der Waals surface area contributed by atoms with Crippen LogP contribution in [-0.2, 0) is 14.3 Å². The first-order valence-electron chi connectivity index (χ1n) is 6.65. The van der Waals surface area contributed by atoms with Gasteiger partial charge in [0.25, 0.3) is 0 Å². The number of esters is 2. The highest BCUT2D eigenvalue weighted by Crippen LogP contribution is 2.43. The van der Waals surface area contributed by atoms with E-state index in [-0.39, 0.29) is 12.4 Å². The van der Waals surface area contributed by atoms with E-state index in [4.69, 9.17) is 14.2 Å². The van der Waals surface area contributed by atoms with E-state index >= 15 is 0 Å². The Bertz CT molecular complexity index is 548. The standard InChI is InChI=1S/C14H18Br2O5S/c1-5-6-19-13(18)11-10(9(15)12(16)22-11)20-7-8(17)21-14(2,3)4/h5-7H2,1-4H3. The molecule has 124 valence electrons. The molecule has 1 aromatic rings. The molecule has 0 fully saturated rings. The molecule has 0 bridgehead atoms. The lowest BCUT2D eigenvalue weighted by Gasteiger charge is -2.19. The summed E-state index contributed by atoms with van der Waals surface area (Å²) in [5, 5.41) is 0. The van der Waals surface area contributed by atoms with Gasteiger partial charge in [0, 0.05) is 0 Å². The predicted octanol–water partition coefficient (Wildman–Crippen LogP) is 4.56. The van der Waals surface area contributed by atoms with Crippen LogP contribution in [0.3, 0.4) is 0 Å². The zero-order chi connectivity index (χ0) is 16.9. The largest absolute Gasteiger partial charge is 0.479 e. The summed E-state index contributed by atoms with van der Waals surface area (Å²) in [5.74, 6) is -0.698. The van der Waals surface area contributed by atoms with Crippen molar-refractivity contribution in [1.29, 1.82) is 0 Å². The molecule has 0 unspecified atom stereocenters. The van der Waals surface area contributed by atoms with Crippen LogP contribution in [0.1, 0.15) is 43.8 Å². The molecule has 0 aliphatic carbocycles. The van der Waals surface area contributed by atoms with Gasteiger partial charge in [0.2, 0.25) is 0 Å². The molecule has 0 saturated carbocycles. The maximum absolute atomic E-state index is 12.0. The smallest absolute Gasteiger partial charge is 0.352 e. The first kappa shape index (κ1) is 19.4. The molecule has 1 rings (SSSR count). The van der Waals surface area contributed by atoms with Gasteiger partial charge in [-0.3, -0.25) is 0 Å². The molecular weight excluding hydrogens is 440 g/mol. The van der Waals surface area contributed by atoms with Crippen LogP contribution in [0, 0.1) is 0 Å². The van der Waals surface area contributed by atoms with Gasteiger partial charge in [-0.1, -0.05) is 6.92 Å². The minimum atomic E-state index is -0.588. The Morgan fingerprint density at radius 2 is 1.86 bits per heavy atom. The van der Waals surface area contributed by atoms with Crippen molar-refractivity contribution in [2.45, 2.75) is 39.7 Å². The van der Waals surface area contributed by atoms with Crippen LogP contribution >= 0.6 is 43.2 Å². The third-order valence-corrected chi connectivity index (χ3v) is 5.52. The molecule has 0 N–H and O–H groups in total. The van der Waals surface area contributed by atoms with Crippen molar-refractivity contribution in [1.82, 2.24) is 0 Å². The molecule has 5 nitrogen and oxygen atoms in total. The monoisotopic (exact) mass is 456 g/mol. The average molecular weight is 458 g/mol. The van der Waals surface area contributed by atoms with Crippen molar-refractivity contribution < 1.29 is 23.8 Å². The van der Waals surface area contributed by atoms with Gasteiger partial charge in [-0.05, 0) is 59.1 Å². The van der Waals surface area contributed by atoms with Gasteiger partial charge in [-0.15, -0.1) is 11.3 Å². The van der Waals surface area contributed by atoms with E-state index < -0.39 is 17.5 Å². The molecule has 8 heteroatoms. The van der Waals surface area contributed by atoms with Crippen LogP contribution in [0.15, 0.2) is 8.26 Å². The fraction of sp³-hybridized carbons (Fsp3) is 0.571. The first-order valence-corrected chi connectivity index (χ1v) is 9.05. The SMILES string of the molecule is CCCOC(=O)c1sc(Br)c(Br)c1OCC(=O)OC(C)(C)C. The van der Waals surface area contributed by atoms with Gasteiger partial charge in [-0.25, -0.2) is 9.59 Å². The molecule has 0 aliphatic heterocycles. The fourth-order valence-electron chi connectivity index (χ4n) is 1.40. The van der Waals surface area contributed by atoms with E-state index in [9.17, 15) is 9.59 Å². The molecule has 1 heterocycles. The highest BCUT2D eigenvalue weighted by Gasteiger charge is 2.25. The summed E-state index contributed by atoms with van der Waals surface area (Å²) in [5.41, 5.74) is -0.588. The second-order valence-electron chi connectivity index (χ2n) is 5.36. The topological polar surface area (TPSA) is 61.8 Å². The van der Waals surface area contributed by atoms with E-state index in [1.165, 1.54) is 11.3 Å². The zero-order valence-corrected chi connectivity index (χ0v) is 16.8. The predicted molar refractivity (Wildman–Crippen MR) is 91.6 cm³/mol. The number of thiophene rings is 1. The second kappa shape index (κ2) is 8.31. The molecule has 0 aliphatic rings. The van der Waals surface area contributed by atoms with E-state index in [1.54, 1.807) is 20.8 Å². The van der Waals surface area contributed by atoms with Gasteiger partial charge in [0.1, 0.15) is 5.60 Å². The Balaban J connectivity index is 2.81. The molecule has 0 amide bonds. The van der Waals surface area contributed by atoms with Crippen LogP contribution in [0.5, 0.6) is 5.75 Å². The van der Waals surface area contributed by atoms with E-state index in [1.807, 2.05) is 6.92 Å². The number of rotatable bonds is 6. The van der Waals surface area contributed by atoms with E-state index in [0.29, 0.717) is 19.7 Å².